The Hall–Kier alpha value is -2.18. The van der Waals surface area contributed by atoms with E-state index >= 15 is 0 Å². The van der Waals surface area contributed by atoms with Gasteiger partial charge in [0.15, 0.2) is 0 Å². The highest BCUT2D eigenvalue weighted by molar-refractivity contribution is 7.89. The molecule has 0 radical (unpaired) electrons. The van der Waals surface area contributed by atoms with Gasteiger partial charge in [-0.1, -0.05) is 43.7 Å². The number of hydrogen-bond donors (Lipinski definition) is 0. The van der Waals surface area contributed by atoms with Crippen LogP contribution in [0.25, 0.3) is 0 Å². The molecule has 0 atom stereocenters. The van der Waals surface area contributed by atoms with Crippen LogP contribution in [0.15, 0.2) is 53.4 Å². The molecule has 0 bridgehead atoms. The molecular weight excluding hydrogens is 384 g/mol. The van der Waals surface area contributed by atoms with Crippen LogP contribution in [0.2, 0.25) is 0 Å². The molecule has 0 unspecified atom stereocenters. The van der Waals surface area contributed by atoms with Gasteiger partial charge in [0.05, 0.1) is 4.90 Å². The van der Waals surface area contributed by atoms with Gasteiger partial charge in [0, 0.05) is 31.7 Å². The van der Waals surface area contributed by atoms with Crippen molar-refractivity contribution in [2.24, 2.45) is 5.92 Å². The maximum atomic E-state index is 13.0. The smallest absolute Gasteiger partial charge is 0.243 e. The highest BCUT2D eigenvalue weighted by atomic mass is 32.2. The summed E-state index contributed by atoms with van der Waals surface area (Å²) in [6, 6.07) is 15.0. The summed E-state index contributed by atoms with van der Waals surface area (Å²) in [4.78, 5) is 14.9. The van der Waals surface area contributed by atoms with E-state index in [0.29, 0.717) is 36.7 Å². The molecule has 1 fully saturated rings. The maximum absolute atomic E-state index is 13.0. The number of anilines is 1. The zero-order valence-electron chi connectivity index (χ0n) is 17.6. The molecule has 5 nitrogen and oxygen atoms in total. The summed E-state index contributed by atoms with van der Waals surface area (Å²) in [5.41, 5.74) is 3.13. The van der Waals surface area contributed by atoms with Gasteiger partial charge < -0.3 is 4.90 Å². The normalized spacial score (nSPS) is 16.2. The average molecular weight is 415 g/mol. The second kappa shape index (κ2) is 8.67. The summed E-state index contributed by atoms with van der Waals surface area (Å²) in [5, 5.41) is 0. The summed E-state index contributed by atoms with van der Waals surface area (Å²) < 4.78 is 27.4. The number of hydrogen-bond acceptors (Lipinski definition) is 3. The SMILES string of the molecule is Cc1ccc(N(C)C(=O)C2CCN(S(=O)(=O)c3ccc(C(C)C)cc3)CC2)cc1. The lowest BCUT2D eigenvalue weighted by molar-refractivity contribution is -0.123. The number of amides is 1. The zero-order valence-corrected chi connectivity index (χ0v) is 18.4. The average Bonchev–Trinajstić information content (AvgIpc) is 2.73. The Morgan fingerprint density at radius 1 is 1.00 bits per heavy atom. The van der Waals surface area contributed by atoms with Crippen molar-refractivity contribution < 1.29 is 13.2 Å². The Kier molecular flexibility index (Phi) is 6.44. The Balaban J connectivity index is 1.64. The second-order valence-electron chi connectivity index (χ2n) is 8.13. The first-order chi connectivity index (χ1) is 13.7. The molecule has 3 rings (SSSR count). The molecule has 1 aliphatic rings. The molecule has 29 heavy (non-hydrogen) atoms. The quantitative estimate of drug-likeness (QED) is 0.737. The molecule has 6 heteroatoms. The molecule has 2 aromatic carbocycles. The van der Waals surface area contributed by atoms with Crippen molar-refractivity contribution in [2.45, 2.75) is 44.4 Å². The summed E-state index contributed by atoms with van der Waals surface area (Å²) in [6.07, 6.45) is 1.08. The molecule has 1 amide bonds. The number of nitrogens with zero attached hydrogens (tertiary/aromatic N) is 2. The molecule has 0 aromatic heterocycles. The van der Waals surface area contributed by atoms with E-state index in [2.05, 4.69) is 13.8 Å². The molecule has 0 saturated carbocycles. The number of rotatable bonds is 5. The molecule has 1 saturated heterocycles. The lowest BCUT2D eigenvalue weighted by Gasteiger charge is -2.32. The first-order valence-electron chi connectivity index (χ1n) is 10.1. The van der Waals surface area contributed by atoms with Crippen LogP contribution in [0.5, 0.6) is 0 Å². The highest BCUT2D eigenvalue weighted by Crippen LogP contribution is 2.27. The molecule has 156 valence electrons. The fourth-order valence-corrected chi connectivity index (χ4v) is 5.16. The number of benzene rings is 2. The van der Waals surface area contributed by atoms with Crippen LogP contribution in [-0.2, 0) is 14.8 Å². The van der Waals surface area contributed by atoms with Gasteiger partial charge in [-0.25, -0.2) is 8.42 Å². The monoisotopic (exact) mass is 414 g/mol. The van der Waals surface area contributed by atoms with Crippen LogP contribution in [0.4, 0.5) is 5.69 Å². The molecule has 1 aliphatic heterocycles. The number of piperidine rings is 1. The molecule has 1 heterocycles. The van der Waals surface area contributed by atoms with Gasteiger partial charge >= 0.3 is 0 Å². The van der Waals surface area contributed by atoms with Crippen molar-refractivity contribution in [3.63, 3.8) is 0 Å². The standard InChI is InChI=1S/C23H30N2O3S/c1-17(2)19-7-11-22(12-8-19)29(27,28)25-15-13-20(14-16-25)23(26)24(4)21-9-5-18(3)6-10-21/h5-12,17,20H,13-16H2,1-4H3. The van der Waals surface area contributed by atoms with E-state index in [0.717, 1.165) is 16.8 Å². The molecule has 0 aliphatic carbocycles. The van der Waals surface area contributed by atoms with E-state index in [1.807, 2.05) is 43.3 Å². The van der Waals surface area contributed by atoms with E-state index in [-0.39, 0.29) is 11.8 Å². The van der Waals surface area contributed by atoms with Gasteiger partial charge in [-0.2, -0.15) is 4.31 Å². The van der Waals surface area contributed by atoms with E-state index < -0.39 is 10.0 Å². The van der Waals surface area contributed by atoms with Crippen LogP contribution >= 0.6 is 0 Å². The van der Waals surface area contributed by atoms with Crippen molar-refractivity contribution in [1.82, 2.24) is 4.31 Å². The summed E-state index contributed by atoms with van der Waals surface area (Å²) in [6.45, 7) is 6.91. The lowest BCUT2D eigenvalue weighted by atomic mass is 9.96. The Morgan fingerprint density at radius 3 is 2.07 bits per heavy atom. The fraction of sp³-hybridized carbons (Fsp3) is 0.435. The Morgan fingerprint density at radius 2 is 1.55 bits per heavy atom. The first-order valence-corrected chi connectivity index (χ1v) is 11.6. The van der Waals surface area contributed by atoms with Gasteiger partial charge in [-0.05, 0) is 55.5 Å². The highest BCUT2D eigenvalue weighted by Gasteiger charge is 2.33. The minimum atomic E-state index is -3.52. The van der Waals surface area contributed by atoms with E-state index in [4.69, 9.17) is 0 Å². The largest absolute Gasteiger partial charge is 0.315 e. The maximum Gasteiger partial charge on any atom is 0.243 e. The van der Waals surface area contributed by atoms with Gasteiger partial charge in [-0.15, -0.1) is 0 Å². The van der Waals surface area contributed by atoms with Crippen molar-refractivity contribution in [3.8, 4) is 0 Å². The fourth-order valence-electron chi connectivity index (χ4n) is 3.69. The molecular formula is C23H30N2O3S. The topological polar surface area (TPSA) is 57.7 Å². The third-order valence-electron chi connectivity index (χ3n) is 5.74. The van der Waals surface area contributed by atoms with E-state index in [1.54, 1.807) is 24.1 Å². The number of carbonyl (C=O) groups excluding carboxylic acids is 1. The van der Waals surface area contributed by atoms with Crippen molar-refractivity contribution in [2.75, 3.05) is 25.0 Å². The zero-order chi connectivity index (χ0) is 21.2. The predicted octanol–water partition coefficient (Wildman–Crippen LogP) is 4.18. The predicted molar refractivity (Wildman–Crippen MR) is 117 cm³/mol. The molecule has 2 aromatic rings. The summed E-state index contributed by atoms with van der Waals surface area (Å²) in [5.74, 6) is 0.252. The number of sulfonamides is 1. The van der Waals surface area contributed by atoms with E-state index in [9.17, 15) is 13.2 Å². The third-order valence-corrected chi connectivity index (χ3v) is 7.65. The van der Waals surface area contributed by atoms with Crippen LogP contribution in [0, 0.1) is 12.8 Å². The molecule has 0 spiro atoms. The Labute approximate surface area is 174 Å². The minimum Gasteiger partial charge on any atom is -0.315 e. The molecule has 0 N–H and O–H groups in total. The second-order valence-corrected chi connectivity index (χ2v) is 10.1. The van der Waals surface area contributed by atoms with Gasteiger partial charge in [-0.3, -0.25) is 4.79 Å². The summed E-state index contributed by atoms with van der Waals surface area (Å²) >= 11 is 0. The first kappa shape index (κ1) is 21.5. The number of aryl methyl sites for hydroxylation is 1. The van der Waals surface area contributed by atoms with Gasteiger partial charge in [0.25, 0.3) is 0 Å². The number of carbonyl (C=O) groups is 1. The van der Waals surface area contributed by atoms with E-state index in [1.165, 1.54) is 4.31 Å². The minimum absolute atomic E-state index is 0.0483. The van der Waals surface area contributed by atoms with Crippen LogP contribution in [0.3, 0.4) is 0 Å². The van der Waals surface area contributed by atoms with Crippen LogP contribution in [-0.4, -0.2) is 38.8 Å². The van der Waals surface area contributed by atoms with Crippen LogP contribution < -0.4 is 4.90 Å². The van der Waals surface area contributed by atoms with Crippen molar-refractivity contribution in [3.05, 3.63) is 59.7 Å². The van der Waals surface area contributed by atoms with Crippen LogP contribution in [0.1, 0.15) is 43.7 Å². The Bertz CT molecular complexity index is 943. The lowest BCUT2D eigenvalue weighted by Crippen LogP contribution is -2.43. The van der Waals surface area contributed by atoms with Crippen molar-refractivity contribution in [1.29, 1.82) is 0 Å². The van der Waals surface area contributed by atoms with Gasteiger partial charge in [0.1, 0.15) is 0 Å². The van der Waals surface area contributed by atoms with Gasteiger partial charge in [0.2, 0.25) is 15.9 Å². The van der Waals surface area contributed by atoms with Crippen molar-refractivity contribution >= 4 is 21.6 Å². The third kappa shape index (κ3) is 4.70. The summed E-state index contributed by atoms with van der Waals surface area (Å²) in [7, 11) is -1.74.